The van der Waals surface area contributed by atoms with Gasteiger partial charge in [0.05, 0.1) is 5.56 Å². The van der Waals surface area contributed by atoms with Gasteiger partial charge in [-0.25, -0.2) is 4.39 Å². The summed E-state index contributed by atoms with van der Waals surface area (Å²) in [5, 5.41) is 10.0. The number of halogens is 2. The number of carbonyl (C=O) groups is 1. The van der Waals surface area contributed by atoms with Crippen LogP contribution in [0.1, 0.15) is 28.2 Å². The van der Waals surface area contributed by atoms with Crippen LogP contribution in [0.25, 0.3) is 11.5 Å². The number of hydrogen-bond donors (Lipinski definition) is 2. The Hall–Kier alpha value is -2.77. The summed E-state index contributed by atoms with van der Waals surface area (Å²) in [5.74, 6) is 0.523. The van der Waals surface area contributed by atoms with Gasteiger partial charge in [-0.3, -0.25) is 4.79 Å². The van der Waals surface area contributed by atoms with E-state index >= 15 is 0 Å². The van der Waals surface area contributed by atoms with E-state index in [1.54, 1.807) is 12.1 Å². The maximum absolute atomic E-state index is 14.2. The maximum atomic E-state index is 14.2. The Morgan fingerprint density at radius 3 is 2.83 bits per heavy atom. The Morgan fingerprint density at radius 2 is 2.07 bits per heavy atom. The SMILES string of the molecule is Cl.O=C(NCCc1noc(-c2ccccc2)n1)c1cc(CC2CCNC2)ccc1F. The average molecular weight is 431 g/mol. The van der Waals surface area contributed by atoms with Crippen LogP contribution in [0, 0.1) is 11.7 Å². The van der Waals surface area contributed by atoms with Crippen molar-refractivity contribution in [3.05, 3.63) is 71.3 Å². The number of aromatic nitrogens is 2. The third kappa shape index (κ3) is 5.43. The molecule has 1 aromatic heterocycles. The van der Waals surface area contributed by atoms with Gasteiger partial charge in [0.2, 0.25) is 0 Å². The van der Waals surface area contributed by atoms with E-state index in [1.807, 2.05) is 30.3 Å². The van der Waals surface area contributed by atoms with Crippen LogP contribution in [0.5, 0.6) is 0 Å². The van der Waals surface area contributed by atoms with Crippen LogP contribution < -0.4 is 10.6 Å². The van der Waals surface area contributed by atoms with Gasteiger partial charge >= 0.3 is 0 Å². The molecule has 2 aromatic carbocycles. The number of amides is 1. The number of benzene rings is 2. The van der Waals surface area contributed by atoms with E-state index in [1.165, 1.54) is 6.07 Å². The Labute approximate surface area is 180 Å². The molecule has 0 radical (unpaired) electrons. The van der Waals surface area contributed by atoms with Crippen molar-refractivity contribution in [2.45, 2.75) is 19.3 Å². The van der Waals surface area contributed by atoms with Gasteiger partial charge in [0.1, 0.15) is 5.82 Å². The molecular formula is C22H24ClFN4O2. The lowest BCUT2D eigenvalue weighted by molar-refractivity contribution is 0.0949. The van der Waals surface area contributed by atoms with E-state index in [0.29, 0.717) is 30.6 Å². The van der Waals surface area contributed by atoms with Crippen molar-refractivity contribution >= 4 is 18.3 Å². The Morgan fingerprint density at radius 1 is 1.23 bits per heavy atom. The van der Waals surface area contributed by atoms with Crippen LogP contribution in [0.3, 0.4) is 0 Å². The molecule has 0 spiro atoms. The minimum Gasteiger partial charge on any atom is -0.351 e. The lowest BCUT2D eigenvalue weighted by Gasteiger charge is -2.11. The lowest BCUT2D eigenvalue weighted by Crippen LogP contribution is -2.27. The molecule has 1 aliphatic heterocycles. The van der Waals surface area contributed by atoms with Crippen molar-refractivity contribution in [1.29, 1.82) is 0 Å². The first-order valence-corrected chi connectivity index (χ1v) is 9.84. The highest BCUT2D eigenvalue weighted by Gasteiger charge is 2.18. The molecule has 2 heterocycles. The van der Waals surface area contributed by atoms with Crippen LogP contribution in [0.4, 0.5) is 4.39 Å². The van der Waals surface area contributed by atoms with Crippen LogP contribution in [0.15, 0.2) is 53.1 Å². The zero-order valence-corrected chi connectivity index (χ0v) is 17.3. The molecule has 6 nitrogen and oxygen atoms in total. The van der Waals surface area contributed by atoms with Crippen LogP contribution in [-0.4, -0.2) is 35.7 Å². The molecule has 1 unspecified atom stereocenters. The molecule has 1 atom stereocenters. The number of nitrogens with one attached hydrogen (secondary N) is 2. The van der Waals surface area contributed by atoms with E-state index in [9.17, 15) is 9.18 Å². The predicted molar refractivity (Wildman–Crippen MR) is 114 cm³/mol. The quantitative estimate of drug-likeness (QED) is 0.600. The number of hydrogen-bond acceptors (Lipinski definition) is 5. The van der Waals surface area contributed by atoms with Crippen molar-refractivity contribution in [3.63, 3.8) is 0 Å². The molecule has 0 bridgehead atoms. The van der Waals surface area contributed by atoms with Crippen LogP contribution in [0.2, 0.25) is 0 Å². The molecule has 1 fully saturated rings. The molecule has 158 valence electrons. The first-order chi connectivity index (χ1) is 14.2. The fourth-order valence-electron chi connectivity index (χ4n) is 3.53. The van der Waals surface area contributed by atoms with E-state index < -0.39 is 11.7 Å². The van der Waals surface area contributed by atoms with Gasteiger partial charge < -0.3 is 15.2 Å². The third-order valence-electron chi connectivity index (χ3n) is 5.09. The molecule has 2 N–H and O–H groups in total. The minimum atomic E-state index is -0.512. The molecule has 0 aliphatic carbocycles. The summed E-state index contributed by atoms with van der Waals surface area (Å²) in [6.07, 6.45) is 2.35. The molecule has 1 amide bonds. The first-order valence-electron chi connectivity index (χ1n) is 9.84. The Balaban J connectivity index is 0.00000256. The smallest absolute Gasteiger partial charge is 0.257 e. The van der Waals surface area contributed by atoms with E-state index in [0.717, 1.165) is 37.1 Å². The highest BCUT2D eigenvalue weighted by Crippen LogP contribution is 2.18. The second kappa shape index (κ2) is 10.3. The van der Waals surface area contributed by atoms with Gasteiger partial charge in [-0.1, -0.05) is 29.4 Å². The van der Waals surface area contributed by atoms with Gasteiger partial charge in [0.15, 0.2) is 5.82 Å². The summed E-state index contributed by atoms with van der Waals surface area (Å²) < 4.78 is 19.4. The van der Waals surface area contributed by atoms with Gasteiger partial charge in [0.25, 0.3) is 11.8 Å². The first kappa shape index (κ1) is 21.9. The van der Waals surface area contributed by atoms with Gasteiger partial charge in [-0.15, -0.1) is 12.4 Å². The molecule has 8 heteroatoms. The summed E-state index contributed by atoms with van der Waals surface area (Å²) in [5.41, 5.74) is 1.90. The van der Waals surface area contributed by atoms with Crippen molar-refractivity contribution in [1.82, 2.24) is 20.8 Å². The molecule has 3 aromatic rings. The zero-order valence-electron chi connectivity index (χ0n) is 16.4. The fourth-order valence-corrected chi connectivity index (χ4v) is 3.53. The highest BCUT2D eigenvalue weighted by atomic mass is 35.5. The number of nitrogens with zero attached hydrogens (tertiary/aromatic N) is 2. The van der Waals surface area contributed by atoms with E-state index in [-0.39, 0.29) is 18.0 Å². The predicted octanol–water partition coefficient (Wildman–Crippen LogP) is 3.42. The summed E-state index contributed by atoms with van der Waals surface area (Å²) in [7, 11) is 0. The Bertz CT molecular complexity index is 974. The van der Waals surface area contributed by atoms with Crippen molar-refractivity contribution in [2.75, 3.05) is 19.6 Å². The second-order valence-corrected chi connectivity index (χ2v) is 7.26. The van der Waals surface area contributed by atoms with Crippen LogP contribution in [-0.2, 0) is 12.8 Å². The van der Waals surface area contributed by atoms with E-state index in [2.05, 4.69) is 20.8 Å². The monoisotopic (exact) mass is 430 g/mol. The van der Waals surface area contributed by atoms with Gasteiger partial charge in [-0.05, 0) is 61.7 Å². The summed E-state index contributed by atoms with van der Waals surface area (Å²) in [6.45, 7) is 2.28. The molecule has 1 saturated heterocycles. The molecular weight excluding hydrogens is 407 g/mol. The number of carbonyl (C=O) groups excluding carboxylic acids is 1. The fraction of sp³-hybridized carbons (Fsp3) is 0.318. The standard InChI is InChI=1S/C22H23FN4O2.ClH/c23-19-7-6-15(12-16-8-10-24-14-16)13-18(19)21(28)25-11-9-20-26-22(29-27-20)17-4-2-1-3-5-17;/h1-7,13,16,24H,8-12,14H2,(H,25,28);1H. The molecule has 0 saturated carbocycles. The van der Waals surface area contributed by atoms with Crippen molar-refractivity contribution in [2.24, 2.45) is 5.92 Å². The van der Waals surface area contributed by atoms with Gasteiger partial charge in [0, 0.05) is 18.5 Å². The largest absolute Gasteiger partial charge is 0.351 e. The Kier molecular flexibility index (Phi) is 7.54. The van der Waals surface area contributed by atoms with Crippen molar-refractivity contribution < 1.29 is 13.7 Å². The second-order valence-electron chi connectivity index (χ2n) is 7.26. The zero-order chi connectivity index (χ0) is 20.1. The highest BCUT2D eigenvalue weighted by molar-refractivity contribution is 5.94. The summed E-state index contributed by atoms with van der Waals surface area (Å²) in [6, 6.07) is 14.3. The molecule has 30 heavy (non-hydrogen) atoms. The number of rotatable bonds is 7. The normalized spacial score (nSPS) is 15.6. The maximum Gasteiger partial charge on any atom is 0.257 e. The average Bonchev–Trinajstić information content (AvgIpc) is 3.42. The van der Waals surface area contributed by atoms with Crippen LogP contribution >= 0.6 is 12.4 Å². The molecule has 1 aliphatic rings. The topological polar surface area (TPSA) is 80.1 Å². The van der Waals surface area contributed by atoms with Crippen molar-refractivity contribution in [3.8, 4) is 11.5 Å². The summed E-state index contributed by atoms with van der Waals surface area (Å²) in [4.78, 5) is 16.8. The van der Waals surface area contributed by atoms with E-state index in [4.69, 9.17) is 4.52 Å². The lowest BCUT2D eigenvalue weighted by atomic mass is 9.97. The van der Waals surface area contributed by atoms with Gasteiger partial charge in [-0.2, -0.15) is 4.98 Å². The molecule has 4 rings (SSSR count). The third-order valence-corrected chi connectivity index (χ3v) is 5.09. The minimum absolute atomic E-state index is 0. The summed E-state index contributed by atoms with van der Waals surface area (Å²) >= 11 is 0.